The molecule has 0 N–H and O–H groups in total. The molecule has 1 aromatic carbocycles. The number of nitrogens with zero attached hydrogens (tertiary/aromatic N) is 2. The number of alkyl halides is 3. The van der Waals surface area contributed by atoms with Crippen molar-refractivity contribution in [3.8, 4) is 11.8 Å². The summed E-state index contributed by atoms with van der Waals surface area (Å²) in [5.74, 6) is -0.535. The molecule has 0 radical (unpaired) electrons. The average molecular weight is 326 g/mol. The molecule has 0 saturated heterocycles. The lowest BCUT2D eigenvalue weighted by Gasteiger charge is -2.26. The van der Waals surface area contributed by atoms with Gasteiger partial charge in [0, 0.05) is 13.6 Å². The first-order valence-corrected chi connectivity index (χ1v) is 7.27. The predicted octanol–water partition coefficient (Wildman–Crippen LogP) is 3.63. The van der Waals surface area contributed by atoms with Crippen molar-refractivity contribution >= 4 is 5.91 Å². The summed E-state index contributed by atoms with van der Waals surface area (Å²) in [5.41, 5.74) is -0.282. The zero-order chi connectivity index (χ0) is 17.1. The van der Waals surface area contributed by atoms with E-state index in [-0.39, 0.29) is 18.2 Å². The van der Waals surface area contributed by atoms with Gasteiger partial charge in [0.2, 0.25) is 5.91 Å². The summed E-state index contributed by atoms with van der Waals surface area (Å²) >= 11 is 0. The SMILES string of the molecule is CN(Cc1ccc(OC(F)(F)F)cc1)C(=O)C1(C#N)CCCC1. The Morgan fingerprint density at radius 1 is 1.30 bits per heavy atom. The van der Waals surface area contributed by atoms with E-state index in [0.29, 0.717) is 18.4 Å². The molecule has 7 heteroatoms. The highest BCUT2D eigenvalue weighted by atomic mass is 19.4. The lowest BCUT2D eigenvalue weighted by atomic mass is 9.86. The van der Waals surface area contributed by atoms with Crippen LogP contribution in [0, 0.1) is 16.7 Å². The fraction of sp³-hybridized carbons (Fsp3) is 0.500. The number of rotatable bonds is 4. The predicted molar refractivity (Wildman–Crippen MR) is 76.1 cm³/mol. The van der Waals surface area contributed by atoms with Gasteiger partial charge in [0.05, 0.1) is 6.07 Å². The first-order valence-electron chi connectivity index (χ1n) is 7.27. The molecule has 0 spiro atoms. The third-order valence-electron chi connectivity index (χ3n) is 4.00. The van der Waals surface area contributed by atoms with Crippen molar-refractivity contribution in [3.05, 3.63) is 29.8 Å². The Labute approximate surface area is 132 Å². The maximum Gasteiger partial charge on any atom is 0.573 e. The van der Waals surface area contributed by atoms with E-state index in [2.05, 4.69) is 10.8 Å². The summed E-state index contributed by atoms with van der Waals surface area (Å²) in [6, 6.07) is 7.49. The maximum atomic E-state index is 12.5. The third-order valence-corrected chi connectivity index (χ3v) is 4.00. The molecular weight excluding hydrogens is 309 g/mol. The van der Waals surface area contributed by atoms with E-state index in [1.54, 1.807) is 7.05 Å². The number of amides is 1. The van der Waals surface area contributed by atoms with Crippen LogP contribution in [0.5, 0.6) is 5.75 Å². The zero-order valence-electron chi connectivity index (χ0n) is 12.7. The first-order chi connectivity index (χ1) is 10.8. The normalized spacial score (nSPS) is 16.7. The van der Waals surface area contributed by atoms with Gasteiger partial charge in [-0.05, 0) is 30.5 Å². The monoisotopic (exact) mass is 326 g/mol. The number of carbonyl (C=O) groups excluding carboxylic acids is 1. The van der Waals surface area contributed by atoms with Gasteiger partial charge >= 0.3 is 6.36 Å². The van der Waals surface area contributed by atoms with Crippen LogP contribution in [0.15, 0.2) is 24.3 Å². The van der Waals surface area contributed by atoms with Crippen molar-refractivity contribution in [2.45, 2.75) is 38.6 Å². The van der Waals surface area contributed by atoms with Crippen LogP contribution >= 0.6 is 0 Å². The van der Waals surface area contributed by atoms with Gasteiger partial charge in [-0.15, -0.1) is 13.2 Å². The molecule has 124 valence electrons. The van der Waals surface area contributed by atoms with Crippen LogP contribution < -0.4 is 4.74 Å². The molecule has 1 aliphatic rings. The van der Waals surface area contributed by atoms with E-state index in [1.165, 1.54) is 29.2 Å². The van der Waals surface area contributed by atoms with Crippen LogP contribution in [0.2, 0.25) is 0 Å². The molecule has 0 aliphatic heterocycles. The maximum absolute atomic E-state index is 12.5. The van der Waals surface area contributed by atoms with E-state index in [4.69, 9.17) is 0 Å². The van der Waals surface area contributed by atoms with E-state index in [1.807, 2.05) is 0 Å². The van der Waals surface area contributed by atoms with Crippen molar-refractivity contribution in [2.24, 2.45) is 5.41 Å². The fourth-order valence-corrected chi connectivity index (χ4v) is 2.86. The van der Waals surface area contributed by atoms with E-state index < -0.39 is 11.8 Å². The molecule has 1 aliphatic carbocycles. The standard InChI is InChI=1S/C16H17F3N2O2/c1-21(14(22)15(11-20)8-2-3-9-15)10-12-4-6-13(7-5-12)23-16(17,18)19/h4-7H,2-3,8-10H2,1H3. The second kappa shape index (κ2) is 6.49. The molecule has 0 heterocycles. The summed E-state index contributed by atoms with van der Waals surface area (Å²) < 4.78 is 40.1. The summed E-state index contributed by atoms with van der Waals surface area (Å²) in [7, 11) is 1.60. The molecule has 23 heavy (non-hydrogen) atoms. The molecular formula is C16H17F3N2O2. The van der Waals surface area contributed by atoms with Crippen LogP contribution in [-0.2, 0) is 11.3 Å². The molecule has 2 rings (SSSR count). The van der Waals surface area contributed by atoms with Gasteiger partial charge in [-0.1, -0.05) is 25.0 Å². The fourth-order valence-electron chi connectivity index (χ4n) is 2.86. The molecule has 1 saturated carbocycles. The molecule has 0 atom stereocenters. The smallest absolute Gasteiger partial charge is 0.406 e. The van der Waals surface area contributed by atoms with Crippen LogP contribution in [-0.4, -0.2) is 24.2 Å². The Kier molecular flexibility index (Phi) is 4.83. The average Bonchev–Trinajstić information content (AvgIpc) is 2.97. The van der Waals surface area contributed by atoms with Gasteiger partial charge in [0.1, 0.15) is 11.2 Å². The zero-order valence-corrected chi connectivity index (χ0v) is 12.7. The Morgan fingerprint density at radius 3 is 2.35 bits per heavy atom. The van der Waals surface area contributed by atoms with Crippen LogP contribution in [0.1, 0.15) is 31.2 Å². The number of ether oxygens (including phenoxy) is 1. The van der Waals surface area contributed by atoms with Gasteiger partial charge in [-0.2, -0.15) is 5.26 Å². The highest BCUT2D eigenvalue weighted by Gasteiger charge is 2.43. The number of halogens is 3. The van der Waals surface area contributed by atoms with Crippen LogP contribution in [0.3, 0.4) is 0 Å². The first kappa shape index (κ1) is 17.1. The largest absolute Gasteiger partial charge is 0.573 e. The van der Waals surface area contributed by atoms with Crippen molar-refractivity contribution in [1.82, 2.24) is 4.90 Å². The lowest BCUT2D eigenvalue weighted by Crippen LogP contribution is -2.39. The van der Waals surface area contributed by atoms with E-state index >= 15 is 0 Å². The lowest BCUT2D eigenvalue weighted by molar-refractivity contribution is -0.274. The van der Waals surface area contributed by atoms with Crippen LogP contribution in [0.4, 0.5) is 13.2 Å². The molecule has 1 amide bonds. The van der Waals surface area contributed by atoms with Gasteiger partial charge in [0.25, 0.3) is 0 Å². The number of carbonyl (C=O) groups is 1. The quantitative estimate of drug-likeness (QED) is 0.849. The third kappa shape index (κ3) is 4.15. The number of nitriles is 1. The highest BCUT2D eigenvalue weighted by molar-refractivity contribution is 5.85. The number of hydrogen-bond acceptors (Lipinski definition) is 3. The molecule has 1 aromatic rings. The molecule has 0 aromatic heterocycles. The molecule has 0 unspecified atom stereocenters. The van der Waals surface area contributed by atoms with Gasteiger partial charge in [-0.25, -0.2) is 0 Å². The molecule has 1 fully saturated rings. The van der Waals surface area contributed by atoms with Crippen molar-refractivity contribution in [1.29, 1.82) is 5.26 Å². The van der Waals surface area contributed by atoms with Gasteiger partial charge < -0.3 is 9.64 Å². The topological polar surface area (TPSA) is 53.3 Å². The number of benzene rings is 1. The summed E-state index contributed by atoms with van der Waals surface area (Å²) in [4.78, 5) is 13.9. The summed E-state index contributed by atoms with van der Waals surface area (Å²) in [6.45, 7) is 0.231. The Bertz CT molecular complexity index is 599. The minimum atomic E-state index is -4.73. The molecule has 4 nitrogen and oxygen atoms in total. The summed E-state index contributed by atoms with van der Waals surface area (Å²) in [6.07, 6.45) is -1.89. The van der Waals surface area contributed by atoms with Crippen molar-refractivity contribution in [2.75, 3.05) is 7.05 Å². The van der Waals surface area contributed by atoms with Crippen molar-refractivity contribution < 1.29 is 22.7 Å². The Morgan fingerprint density at radius 2 is 1.87 bits per heavy atom. The van der Waals surface area contributed by atoms with E-state index in [0.717, 1.165) is 12.8 Å². The second-order valence-corrected chi connectivity index (χ2v) is 5.75. The van der Waals surface area contributed by atoms with E-state index in [9.17, 15) is 23.2 Å². The van der Waals surface area contributed by atoms with Gasteiger partial charge in [0.15, 0.2) is 0 Å². The number of hydrogen-bond donors (Lipinski definition) is 0. The van der Waals surface area contributed by atoms with Crippen LogP contribution in [0.25, 0.3) is 0 Å². The molecule has 0 bridgehead atoms. The second-order valence-electron chi connectivity index (χ2n) is 5.75. The minimum absolute atomic E-state index is 0.229. The van der Waals surface area contributed by atoms with Crippen molar-refractivity contribution in [3.63, 3.8) is 0 Å². The Hall–Kier alpha value is -2.23. The van der Waals surface area contributed by atoms with Gasteiger partial charge in [-0.3, -0.25) is 4.79 Å². The minimum Gasteiger partial charge on any atom is -0.406 e. The Balaban J connectivity index is 2.01. The highest BCUT2D eigenvalue weighted by Crippen LogP contribution is 2.39. The summed E-state index contributed by atoms with van der Waals surface area (Å²) in [5, 5.41) is 9.33.